The Morgan fingerprint density at radius 2 is 1.27 bits per heavy atom. The molecule has 0 aliphatic carbocycles. The lowest BCUT2D eigenvalue weighted by molar-refractivity contribution is -0.384. The number of thiocarbonyl (C=S) groups is 1. The third-order valence-corrected chi connectivity index (χ3v) is 4.32. The number of hydrogen-bond acceptors (Lipinski definition) is 5. The van der Waals surface area contributed by atoms with Crippen LogP contribution in [-0.2, 0) is 0 Å². The smallest absolute Gasteiger partial charge is 0.269 e. The van der Waals surface area contributed by atoms with E-state index in [2.05, 4.69) is 16.2 Å². The molecule has 3 aromatic rings. The van der Waals surface area contributed by atoms with E-state index in [0.717, 1.165) is 11.1 Å². The Kier molecular flexibility index (Phi) is 6.46. The van der Waals surface area contributed by atoms with Crippen LogP contribution in [0.25, 0.3) is 11.1 Å². The predicted octanol–water partition coefficient (Wildman–Crippen LogP) is 3.21. The van der Waals surface area contributed by atoms with Crippen LogP contribution in [0.1, 0.15) is 20.7 Å². The molecule has 150 valence electrons. The molecule has 0 spiro atoms. The molecule has 3 N–H and O–H groups in total. The van der Waals surface area contributed by atoms with Gasteiger partial charge in [0.25, 0.3) is 17.5 Å². The van der Waals surface area contributed by atoms with Gasteiger partial charge in [-0.2, -0.15) is 0 Å². The molecule has 9 heteroatoms. The molecule has 3 rings (SSSR count). The van der Waals surface area contributed by atoms with Gasteiger partial charge in [0.1, 0.15) is 0 Å². The molecule has 0 fully saturated rings. The number of benzene rings is 3. The highest BCUT2D eigenvalue weighted by atomic mass is 32.1. The molecular weight excluding hydrogens is 404 g/mol. The summed E-state index contributed by atoms with van der Waals surface area (Å²) >= 11 is 4.98. The number of rotatable bonds is 4. The molecule has 30 heavy (non-hydrogen) atoms. The fourth-order valence-corrected chi connectivity index (χ4v) is 2.72. The second-order valence-electron chi connectivity index (χ2n) is 6.11. The number of non-ortho nitro benzene ring substituents is 1. The van der Waals surface area contributed by atoms with Crippen molar-refractivity contribution in [3.63, 3.8) is 0 Å². The second kappa shape index (κ2) is 9.39. The van der Waals surface area contributed by atoms with Crippen LogP contribution in [0.4, 0.5) is 5.69 Å². The molecule has 0 aliphatic rings. The minimum atomic E-state index is -0.566. The Bertz CT molecular complexity index is 1080. The van der Waals surface area contributed by atoms with Crippen molar-refractivity contribution >= 4 is 34.8 Å². The molecule has 3 aromatic carbocycles. The number of nitro benzene ring substituents is 1. The van der Waals surface area contributed by atoms with Crippen molar-refractivity contribution in [1.82, 2.24) is 16.2 Å². The first-order valence-corrected chi connectivity index (χ1v) is 9.16. The molecule has 0 atom stereocenters. The Labute approximate surface area is 177 Å². The quantitative estimate of drug-likeness (QED) is 0.339. The van der Waals surface area contributed by atoms with Gasteiger partial charge in [0.05, 0.1) is 4.92 Å². The van der Waals surface area contributed by atoms with Crippen molar-refractivity contribution in [3.8, 4) is 11.1 Å². The van der Waals surface area contributed by atoms with E-state index in [0.29, 0.717) is 5.56 Å². The van der Waals surface area contributed by atoms with Crippen LogP contribution in [0.2, 0.25) is 0 Å². The van der Waals surface area contributed by atoms with Crippen LogP contribution >= 0.6 is 12.2 Å². The minimum Gasteiger partial charge on any atom is -0.298 e. The number of nitrogens with one attached hydrogen (secondary N) is 3. The first-order chi connectivity index (χ1) is 14.4. The van der Waals surface area contributed by atoms with Gasteiger partial charge in [0.15, 0.2) is 5.11 Å². The van der Waals surface area contributed by atoms with Crippen molar-refractivity contribution < 1.29 is 14.5 Å². The molecule has 0 heterocycles. The number of nitro groups is 1. The molecule has 0 bridgehead atoms. The lowest BCUT2D eigenvalue weighted by atomic mass is 10.0. The number of carbonyl (C=O) groups excluding carboxylic acids is 2. The van der Waals surface area contributed by atoms with Crippen LogP contribution in [-0.4, -0.2) is 21.9 Å². The van der Waals surface area contributed by atoms with E-state index >= 15 is 0 Å². The lowest BCUT2D eigenvalue weighted by Gasteiger charge is -2.11. The highest BCUT2D eigenvalue weighted by Crippen LogP contribution is 2.19. The van der Waals surface area contributed by atoms with Gasteiger partial charge in [-0.25, -0.2) is 0 Å². The first-order valence-electron chi connectivity index (χ1n) is 8.75. The summed E-state index contributed by atoms with van der Waals surface area (Å²) in [6.45, 7) is 0. The van der Waals surface area contributed by atoms with Crippen molar-refractivity contribution in [1.29, 1.82) is 0 Å². The van der Waals surface area contributed by atoms with Gasteiger partial charge in [-0.15, -0.1) is 0 Å². The Morgan fingerprint density at radius 1 is 0.733 bits per heavy atom. The highest BCUT2D eigenvalue weighted by Gasteiger charge is 2.12. The molecule has 2 amide bonds. The SMILES string of the molecule is O=C(NNC(=S)NC(=O)c1ccc([N+](=O)[O-])cc1)c1ccc(-c2ccccc2)cc1. The predicted molar refractivity (Wildman–Crippen MR) is 116 cm³/mol. The van der Waals surface area contributed by atoms with Gasteiger partial charge >= 0.3 is 0 Å². The Hall–Kier alpha value is -4.11. The number of nitrogens with zero attached hydrogens (tertiary/aromatic N) is 1. The summed E-state index contributed by atoms with van der Waals surface area (Å²) in [7, 11) is 0. The Balaban J connectivity index is 1.52. The van der Waals surface area contributed by atoms with Gasteiger partial charge < -0.3 is 0 Å². The number of carbonyl (C=O) groups is 2. The van der Waals surface area contributed by atoms with Gasteiger partial charge in [0, 0.05) is 23.3 Å². The topological polar surface area (TPSA) is 113 Å². The van der Waals surface area contributed by atoms with E-state index in [1.54, 1.807) is 12.1 Å². The standard InChI is InChI=1S/C21H16N4O4S/c26-19(16-10-12-18(13-11-16)25(28)29)22-21(30)24-23-20(27)17-8-6-15(7-9-17)14-4-2-1-3-5-14/h1-13H,(H,23,27)(H2,22,24,26,30). The zero-order chi connectivity index (χ0) is 21.5. The Morgan fingerprint density at radius 3 is 1.87 bits per heavy atom. The van der Waals surface area contributed by atoms with E-state index in [4.69, 9.17) is 12.2 Å². The second-order valence-corrected chi connectivity index (χ2v) is 6.52. The van der Waals surface area contributed by atoms with Crippen LogP contribution in [0.3, 0.4) is 0 Å². The molecule has 0 saturated carbocycles. The summed E-state index contributed by atoms with van der Waals surface area (Å²) in [5, 5.41) is 12.9. The molecule has 0 aliphatic heterocycles. The zero-order valence-electron chi connectivity index (χ0n) is 15.5. The zero-order valence-corrected chi connectivity index (χ0v) is 16.3. The minimum absolute atomic E-state index is 0.118. The van der Waals surface area contributed by atoms with Crippen molar-refractivity contribution in [2.24, 2.45) is 0 Å². The normalized spacial score (nSPS) is 10.0. The molecule has 8 nitrogen and oxygen atoms in total. The fourth-order valence-electron chi connectivity index (χ4n) is 2.57. The first kappa shape index (κ1) is 20.6. The van der Waals surface area contributed by atoms with E-state index in [-0.39, 0.29) is 16.4 Å². The molecule has 0 saturated heterocycles. The van der Waals surface area contributed by atoms with E-state index in [1.165, 1.54) is 24.3 Å². The molecule has 0 aromatic heterocycles. The van der Waals surface area contributed by atoms with E-state index < -0.39 is 16.7 Å². The van der Waals surface area contributed by atoms with Gasteiger partial charge in [0.2, 0.25) is 0 Å². The van der Waals surface area contributed by atoms with E-state index in [1.807, 2.05) is 42.5 Å². The van der Waals surface area contributed by atoms with Crippen molar-refractivity contribution in [2.45, 2.75) is 0 Å². The summed E-state index contributed by atoms with van der Waals surface area (Å²) in [4.78, 5) is 34.4. The third kappa shape index (κ3) is 5.24. The van der Waals surface area contributed by atoms with Crippen LogP contribution in [0.15, 0.2) is 78.9 Å². The van der Waals surface area contributed by atoms with E-state index in [9.17, 15) is 19.7 Å². The maximum Gasteiger partial charge on any atom is 0.269 e. The summed E-state index contributed by atoms with van der Waals surface area (Å²) < 4.78 is 0. The maximum atomic E-state index is 12.2. The van der Waals surface area contributed by atoms with Gasteiger partial charge in [-0.1, -0.05) is 42.5 Å². The summed E-state index contributed by atoms with van der Waals surface area (Å²) in [6, 6.07) is 21.8. The van der Waals surface area contributed by atoms with Crippen molar-refractivity contribution in [2.75, 3.05) is 0 Å². The maximum absolute atomic E-state index is 12.2. The van der Waals surface area contributed by atoms with Crippen LogP contribution in [0.5, 0.6) is 0 Å². The monoisotopic (exact) mass is 420 g/mol. The van der Waals surface area contributed by atoms with Crippen LogP contribution in [0, 0.1) is 10.1 Å². The molecule has 0 unspecified atom stereocenters. The number of amides is 2. The number of hydrogen-bond donors (Lipinski definition) is 3. The average molecular weight is 420 g/mol. The van der Waals surface area contributed by atoms with Crippen molar-refractivity contribution in [3.05, 3.63) is 100 Å². The van der Waals surface area contributed by atoms with Crippen LogP contribution < -0.4 is 16.2 Å². The number of hydrazine groups is 1. The third-order valence-electron chi connectivity index (χ3n) is 4.11. The lowest BCUT2D eigenvalue weighted by Crippen LogP contribution is -2.48. The highest BCUT2D eigenvalue weighted by molar-refractivity contribution is 7.80. The van der Waals surface area contributed by atoms with Gasteiger partial charge in [-0.3, -0.25) is 35.9 Å². The average Bonchev–Trinajstić information content (AvgIpc) is 2.78. The summed E-state index contributed by atoms with van der Waals surface area (Å²) in [5.74, 6) is -0.995. The summed E-state index contributed by atoms with van der Waals surface area (Å²) in [5.41, 5.74) is 7.34. The summed E-state index contributed by atoms with van der Waals surface area (Å²) in [6.07, 6.45) is 0. The van der Waals surface area contributed by atoms with Gasteiger partial charge in [-0.05, 0) is 47.6 Å². The molecule has 0 radical (unpaired) electrons. The fraction of sp³-hybridized carbons (Fsp3) is 0. The molecular formula is C21H16N4O4S. The largest absolute Gasteiger partial charge is 0.298 e.